The summed E-state index contributed by atoms with van der Waals surface area (Å²) in [6.07, 6.45) is 2.32. The molecule has 66 valence electrons. The Morgan fingerprint density at radius 3 is 2.00 bits per heavy atom. The normalized spacial score (nSPS) is 25.4. The van der Waals surface area contributed by atoms with Crippen molar-refractivity contribution >= 4 is 8.38 Å². The van der Waals surface area contributed by atoms with E-state index in [1.165, 1.54) is 0 Å². The van der Waals surface area contributed by atoms with Gasteiger partial charge in [-0.05, 0) is 12.8 Å². The van der Waals surface area contributed by atoms with Gasteiger partial charge in [0, 0.05) is 12.1 Å². The molecule has 0 amide bonds. The third-order valence-corrected chi connectivity index (χ3v) is 3.59. The first kappa shape index (κ1) is 9.44. The molecule has 0 bridgehead atoms. The van der Waals surface area contributed by atoms with Crippen molar-refractivity contribution in [2.75, 3.05) is 19.9 Å². The van der Waals surface area contributed by atoms with E-state index in [1.54, 1.807) is 0 Å². The molecule has 1 fully saturated rings. The molecule has 0 spiro atoms. The molecular formula is C8H17O2P. The summed E-state index contributed by atoms with van der Waals surface area (Å²) >= 11 is 0. The Labute approximate surface area is 70.2 Å². The van der Waals surface area contributed by atoms with Gasteiger partial charge in [0.1, 0.15) is 0 Å². The summed E-state index contributed by atoms with van der Waals surface area (Å²) in [6, 6.07) is 0. The van der Waals surface area contributed by atoms with Crippen molar-refractivity contribution in [1.29, 1.82) is 0 Å². The lowest BCUT2D eigenvalue weighted by Gasteiger charge is -2.37. The predicted octanol–water partition coefficient (Wildman–Crippen LogP) is 2.78. The Morgan fingerprint density at radius 1 is 1.18 bits per heavy atom. The van der Waals surface area contributed by atoms with Crippen LogP contribution in [0.3, 0.4) is 0 Å². The Balaban J connectivity index is 2.45. The lowest BCUT2D eigenvalue weighted by Crippen LogP contribution is -2.33. The van der Waals surface area contributed by atoms with Gasteiger partial charge in [-0.25, -0.2) is 0 Å². The van der Waals surface area contributed by atoms with Crippen LogP contribution in [0.1, 0.15) is 26.7 Å². The largest absolute Gasteiger partial charge is 0.334 e. The van der Waals surface area contributed by atoms with E-state index in [0.717, 1.165) is 26.1 Å². The Morgan fingerprint density at radius 2 is 1.64 bits per heavy atom. The molecule has 1 rings (SSSR count). The highest BCUT2D eigenvalue weighted by atomic mass is 31.2. The third-order valence-electron chi connectivity index (χ3n) is 2.61. The average Bonchev–Trinajstić information content (AvgIpc) is 2.07. The monoisotopic (exact) mass is 176 g/mol. The van der Waals surface area contributed by atoms with E-state index in [0.29, 0.717) is 5.41 Å². The van der Waals surface area contributed by atoms with Crippen LogP contribution in [-0.4, -0.2) is 19.9 Å². The van der Waals surface area contributed by atoms with Crippen LogP contribution in [0.2, 0.25) is 0 Å². The molecular weight excluding hydrogens is 159 g/mol. The van der Waals surface area contributed by atoms with Gasteiger partial charge in [0.15, 0.2) is 8.38 Å². The van der Waals surface area contributed by atoms with Crippen LogP contribution >= 0.6 is 8.38 Å². The zero-order valence-electron chi connectivity index (χ0n) is 7.59. The Hall–Kier alpha value is 0.350. The van der Waals surface area contributed by atoms with E-state index < -0.39 is 8.38 Å². The van der Waals surface area contributed by atoms with E-state index in [2.05, 4.69) is 13.8 Å². The maximum absolute atomic E-state index is 5.52. The van der Waals surface area contributed by atoms with Gasteiger partial charge in [0.25, 0.3) is 0 Å². The summed E-state index contributed by atoms with van der Waals surface area (Å²) in [7, 11) is -0.562. The second-order valence-electron chi connectivity index (χ2n) is 3.19. The van der Waals surface area contributed by atoms with Gasteiger partial charge in [-0.1, -0.05) is 13.8 Å². The maximum Gasteiger partial charge on any atom is 0.167 e. The molecule has 0 saturated carbocycles. The molecule has 0 aliphatic carbocycles. The molecule has 0 aromatic carbocycles. The number of hydrogen-bond acceptors (Lipinski definition) is 2. The molecule has 0 atom stereocenters. The highest BCUT2D eigenvalue weighted by molar-refractivity contribution is 7.46. The van der Waals surface area contributed by atoms with Gasteiger partial charge in [0.05, 0.1) is 13.2 Å². The molecule has 1 saturated heterocycles. The fourth-order valence-corrected chi connectivity index (χ4v) is 2.18. The van der Waals surface area contributed by atoms with Crippen LogP contribution in [0.15, 0.2) is 0 Å². The topological polar surface area (TPSA) is 18.5 Å². The van der Waals surface area contributed by atoms with Gasteiger partial charge in [0.2, 0.25) is 0 Å². The van der Waals surface area contributed by atoms with Gasteiger partial charge in [-0.2, -0.15) is 0 Å². The average molecular weight is 176 g/mol. The number of hydrogen-bond donors (Lipinski definition) is 0. The second-order valence-corrected chi connectivity index (χ2v) is 4.59. The molecule has 3 heteroatoms. The van der Waals surface area contributed by atoms with Gasteiger partial charge >= 0.3 is 0 Å². The molecule has 1 heterocycles. The lowest BCUT2D eigenvalue weighted by molar-refractivity contribution is 0.0298. The molecule has 0 N–H and O–H groups in total. The molecule has 1 aliphatic heterocycles. The van der Waals surface area contributed by atoms with Gasteiger partial charge < -0.3 is 9.05 Å². The van der Waals surface area contributed by atoms with Crippen molar-refractivity contribution in [3.05, 3.63) is 0 Å². The highest BCUT2D eigenvalue weighted by Crippen LogP contribution is 2.45. The fraction of sp³-hybridized carbons (Fsp3) is 1.00. The zero-order valence-corrected chi connectivity index (χ0v) is 8.49. The second kappa shape index (κ2) is 3.84. The Bertz CT molecular complexity index is 113. The third kappa shape index (κ3) is 2.14. The summed E-state index contributed by atoms with van der Waals surface area (Å²) in [6.45, 7) is 8.22. The minimum absolute atomic E-state index is 0.314. The summed E-state index contributed by atoms with van der Waals surface area (Å²) < 4.78 is 11.0. The predicted molar refractivity (Wildman–Crippen MR) is 47.8 cm³/mol. The van der Waals surface area contributed by atoms with Gasteiger partial charge in [-0.3, -0.25) is 0 Å². The maximum atomic E-state index is 5.52. The minimum Gasteiger partial charge on any atom is -0.334 e. The molecule has 2 nitrogen and oxygen atoms in total. The molecule has 0 radical (unpaired) electrons. The van der Waals surface area contributed by atoms with Crippen molar-refractivity contribution in [2.24, 2.45) is 5.41 Å². The van der Waals surface area contributed by atoms with E-state index in [9.17, 15) is 0 Å². The zero-order chi connectivity index (χ0) is 8.32. The van der Waals surface area contributed by atoms with Crippen LogP contribution in [0.5, 0.6) is 0 Å². The van der Waals surface area contributed by atoms with E-state index in [-0.39, 0.29) is 0 Å². The van der Waals surface area contributed by atoms with Crippen molar-refractivity contribution in [1.82, 2.24) is 0 Å². The first-order chi connectivity index (χ1) is 5.22. The smallest absolute Gasteiger partial charge is 0.167 e. The van der Waals surface area contributed by atoms with Gasteiger partial charge in [-0.15, -0.1) is 0 Å². The quantitative estimate of drug-likeness (QED) is 0.602. The summed E-state index contributed by atoms with van der Waals surface area (Å²) in [4.78, 5) is 0. The van der Waals surface area contributed by atoms with Crippen LogP contribution in [-0.2, 0) is 9.05 Å². The van der Waals surface area contributed by atoms with Crippen LogP contribution in [0.4, 0.5) is 0 Å². The van der Waals surface area contributed by atoms with E-state index >= 15 is 0 Å². The first-order valence-corrected chi connectivity index (χ1v) is 5.84. The molecule has 0 aromatic heterocycles. The lowest BCUT2D eigenvalue weighted by atomic mass is 9.84. The van der Waals surface area contributed by atoms with Crippen molar-refractivity contribution < 1.29 is 9.05 Å². The van der Waals surface area contributed by atoms with Crippen molar-refractivity contribution in [3.8, 4) is 0 Å². The Kier molecular flexibility index (Phi) is 3.29. The van der Waals surface area contributed by atoms with Crippen LogP contribution in [0.25, 0.3) is 0 Å². The molecule has 1 aliphatic rings. The summed E-state index contributed by atoms with van der Waals surface area (Å²) in [5.41, 5.74) is 0.314. The SMILES string of the molecule is CCC1(CC)COP(C)OC1. The minimum atomic E-state index is -0.562. The van der Waals surface area contributed by atoms with E-state index in [1.807, 2.05) is 6.66 Å². The fourth-order valence-electron chi connectivity index (χ4n) is 1.19. The van der Waals surface area contributed by atoms with Crippen LogP contribution in [0, 0.1) is 5.41 Å². The number of rotatable bonds is 2. The summed E-state index contributed by atoms with van der Waals surface area (Å²) in [5.74, 6) is 0. The van der Waals surface area contributed by atoms with Crippen molar-refractivity contribution in [3.63, 3.8) is 0 Å². The van der Waals surface area contributed by atoms with E-state index in [4.69, 9.17) is 9.05 Å². The first-order valence-electron chi connectivity index (χ1n) is 4.22. The van der Waals surface area contributed by atoms with Crippen LogP contribution < -0.4 is 0 Å². The summed E-state index contributed by atoms with van der Waals surface area (Å²) in [5, 5.41) is 0. The standard InChI is InChI=1S/C8H17O2P/c1-4-8(5-2)6-9-11(3)10-7-8/h4-7H2,1-3H3. The highest BCUT2D eigenvalue weighted by Gasteiger charge is 2.32. The molecule has 0 unspecified atom stereocenters. The van der Waals surface area contributed by atoms with Crippen molar-refractivity contribution in [2.45, 2.75) is 26.7 Å². The molecule has 11 heavy (non-hydrogen) atoms. The molecule has 0 aromatic rings.